The molecule has 0 fully saturated rings. The molecule has 2 aromatic carbocycles. The van der Waals surface area contributed by atoms with Crippen molar-refractivity contribution >= 4 is 17.6 Å². The molecule has 1 aliphatic rings. The molecule has 1 N–H and O–H groups in total. The number of nitrogens with one attached hydrogen (secondary N) is 1. The van der Waals surface area contributed by atoms with Gasteiger partial charge in [0, 0.05) is 12.1 Å². The molecule has 3 rings (SSSR count). The summed E-state index contributed by atoms with van der Waals surface area (Å²) < 4.78 is 16.2. The third-order valence-corrected chi connectivity index (χ3v) is 3.86. The average molecular weight is 355 g/mol. The molecule has 136 valence electrons. The molecule has 1 aliphatic heterocycles. The Kier molecular flexibility index (Phi) is 5.73. The molecule has 0 saturated carbocycles. The molecular weight excluding hydrogens is 334 g/mol. The standard InChI is InChI=1S/C20H21NO5/c1-2-11-24-15-4-6-16(7-5-15)26-20(23)13-25-17-8-9-18-14(12-17)3-10-19(22)21-18/h4-9,12H,2-3,10-11,13H2,1H3,(H,21,22). The van der Waals surface area contributed by atoms with Gasteiger partial charge in [0.25, 0.3) is 0 Å². The summed E-state index contributed by atoms with van der Waals surface area (Å²) in [6, 6.07) is 12.2. The molecule has 0 spiro atoms. The highest BCUT2D eigenvalue weighted by atomic mass is 16.6. The maximum atomic E-state index is 11.9. The van der Waals surface area contributed by atoms with E-state index in [-0.39, 0.29) is 12.5 Å². The number of esters is 1. The SMILES string of the molecule is CCCOc1ccc(OC(=O)COc2ccc3c(c2)CCC(=O)N3)cc1. The van der Waals surface area contributed by atoms with Crippen LogP contribution in [0.1, 0.15) is 25.3 Å². The summed E-state index contributed by atoms with van der Waals surface area (Å²) in [5, 5.41) is 2.81. The molecule has 0 radical (unpaired) electrons. The molecular formula is C20H21NO5. The van der Waals surface area contributed by atoms with Crippen LogP contribution >= 0.6 is 0 Å². The van der Waals surface area contributed by atoms with E-state index < -0.39 is 5.97 Å². The quantitative estimate of drug-likeness (QED) is 0.609. The number of hydrogen-bond acceptors (Lipinski definition) is 5. The second-order valence-corrected chi connectivity index (χ2v) is 5.95. The van der Waals surface area contributed by atoms with Gasteiger partial charge in [-0.05, 0) is 60.9 Å². The van der Waals surface area contributed by atoms with Crippen LogP contribution in [0.25, 0.3) is 0 Å². The minimum absolute atomic E-state index is 0.0147. The van der Waals surface area contributed by atoms with E-state index in [4.69, 9.17) is 14.2 Å². The summed E-state index contributed by atoms with van der Waals surface area (Å²) in [5.41, 5.74) is 1.79. The summed E-state index contributed by atoms with van der Waals surface area (Å²) >= 11 is 0. The molecule has 0 saturated heterocycles. The van der Waals surface area contributed by atoms with Crippen molar-refractivity contribution in [1.82, 2.24) is 0 Å². The highest BCUT2D eigenvalue weighted by Gasteiger charge is 2.15. The molecule has 0 aliphatic carbocycles. The van der Waals surface area contributed by atoms with Gasteiger partial charge in [-0.15, -0.1) is 0 Å². The number of carbonyl (C=O) groups is 2. The zero-order valence-corrected chi connectivity index (χ0v) is 14.6. The Labute approximate surface area is 152 Å². The number of benzene rings is 2. The first kappa shape index (κ1) is 17.8. The first-order valence-corrected chi connectivity index (χ1v) is 8.63. The van der Waals surface area contributed by atoms with Crippen molar-refractivity contribution in [3.8, 4) is 17.2 Å². The van der Waals surface area contributed by atoms with Crippen molar-refractivity contribution < 1.29 is 23.8 Å². The van der Waals surface area contributed by atoms with E-state index in [0.29, 0.717) is 30.9 Å². The molecule has 6 heteroatoms. The zero-order chi connectivity index (χ0) is 18.4. The minimum Gasteiger partial charge on any atom is -0.494 e. The second-order valence-electron chi connectivity index (χ2n) is 5.95. The predicted octanol–water partition coefficient (Wildman–Crippen LogP) is 3.34. The third-order valence-electron chi connectivity index (χ3n) is 3.86. The number of fused-ring (bicyclic) bond motifs is 1. The van der Waals surface area contributed by atoms with Gasteiger partial charge in [-0.1, -0.05) is 6.92 Å². The van der Waals surface area contributed by atoms with Gasteiger partial charge in [-0.2, -0.15) is 0 Å². The van der Waals surface area contributed by atoms with E-state index in [9.17, 15) is 9.59 Å². The Hall–Kier alpha value is -3.02. The van der Waals surface area contributed by atoms with Gasteiger partial charge in [0.2, 0.25) is 5.91 Å². The van der Waals surface area contributed by atoms with Crippen LogP contribution in [0.4, 0.5) is 5.69 Å². The van der Waals surface area contributed by atoms with Crippen molar-refractivity contribution in [2.45, 2.75) is 26.2 Å². The molecule has 1 amide bonds. The van der Waals surface area contributed by atoms with Gasteiger partial charge in [-0.25, -0.2) is 4.79 Å². The van der Waals surface area contributed by atoms with Crippen molar-refractivity contribution in [3.63, 3.8) is 0 Å². The Morgan fingerprint density at radius 3 is 2.50 bits per heavy atom. The van der Waals surface area contributed by atoms with Crippen LogP contribution in [0.3, 0.4) is 0 Å². The van der Waals surface area contributed by atoms with Crippen LogP contribution in [0.5, 0.6) is 17.2 Å². The number of hydrogen-bond donors (Lipinski definition) is 1. The first-order chi connectivity index (χ1) is 12.6. The molecule has 26 heavy (non-hydrogen) atoms. The fourth-order valence-corrected chi connectivity index (χ4v) is 2.58. The van der Waals surface area contributed by atoms with Crippen LogP contribution in [0, 0.1) is 0 Å². The highest BCUT2D eigenvalue weighted by Crippen LogP contribution is 2.26. The molecule has 0 atom stereocenters. The van der Waals surface area contributed by atoms with E-state index >= 15 is 0 Å². The molecule has 0 aromatic heterocycles. The van der Waals surface area contributed by atoms with Crippen LogP contribution in [0.15, 0.2) is 42.5 Å². The van der Waals surface area contributed by atoms with Gasteiger partial charge in [0.15, 0.2) is 6.61 Å². The smallest absolute Gasteiger partial charge is 0.349 e. The topological polar surface area (TPSA) is 73.9 Å². The first-order valence-electron chi connectivity index (χ1n) is 8.63. The van der Waals surface area contributed by atoms with Crippen molar-refractivity contribution in [2.24, 2.45) is 0 Å². The Balaban J connectivity index is 1.50. The van der Waals surface area contributed by atoms with Crippen molar-refractivity contribution in [2.75, 3.05) is 18.5 Å². The Bertz CT molecular complexity index is 785. The second kappa shape index (κ2) is 8.38. The molecule has 6 nitrogen and oxygen atoms in total. The van der Waals surface area contributed by atoms with E-state index in [2.05, 4.69) is 5.32 Å². The number of carbonyl (C=O) groups excluding carboxylic acids is 2. The van der Waals surface area contributed by atoms with Crippen molar-refractivity contribution in [1.29, 1.82) is 0 Å². The average Bonchev–Trinajstić information content (AvgIpc) is 2.66. The Morgan fingerprint density at radius 1 is 1.00 bits per heavy atom. The van der Waals surface area contributed by atoms with Crippen molar-refractivity contribution in [3.05, 3.63) is 48.0 Å². The fourth-order valence-electron chi connectivity index (χ4n) is 2.58. The van der Waals surface area contributed by atoms with Gasteiger partial charge < -0.3 is 19.5 Å². The largest absolute Gasteiger partial charge is 0.494 e. The summed E-state index contributed by atoms with van der Waals surface area (Å²) in [5.74, 6) is 1.28. The summed E-state index contributed by atoms with van der Waals surface area (Å²) in [6.07, 6.45) is 2.05. The zero-order valence-electron chi connectivity index (χ0n) is 14.6. The maximum absolute atomic E-state index is 11.9. The third kappa shape index (κ3) is 4.75. The lowest BCUT2D eigenvalue weighted by molar-refractivity contribution is -0.136. The van der Waals surface area contributed by atoms with E-state index in [1.54, 1.807) is 36.4 Å². The van der Waals surface area contributed by atoms with Gasteiger partial charge in [-0.3, -0.25) is 4.79 Å². The molecule has 0 unspecified atom stereocenters. The molecule has 1 heterocycles. The number of aryl methyl sites for hydroxylation is 1. The number of anilines is 1. The highest BCUT2D eigenvalue weighted by molar-refractivity contribution is 5.94. The maximum Gasteiger partial charge on any atom is 0.349 e. The van der Waals surface area contributed by atoms with Crippen LogP contribution in [-0.4, -0.2) is 25.1 Å². The van der Waals surface area contributed by atoms with Gasteiger partial charge in [0.1, 0.15) is 17.2 Å². The van der Waals surface area contributed by atoms with E-state index in [1.165, 1.54) is 0 Å². The summed E-state index contributed by atoms with van der Waals surface area (Å²) in [7, 11) is 0. The lowest BCUT2D eigenvalue weighted by Gasteiger charge is -2.17. The fraction of sp³-hybridized carbons (Fsp3) is 0.300. The number of rotatable bonds is 7. The monoisotopic (exact) mass is 355 g/mol. The van der Waals surface area contributed by atoms with E-state index in [0.717, 1.165) is 23.4 Å². The lowest BCUT2D eigenvalue weighted by Crippen LogP contribution is -2.20. The molecule has 2 aromatic rings. The van der Waals surface area contributed by atoms with E-state index in [1.807, 2.05) is 13.0 Å². The summed E-state index contributed by atoms with van der Waals surface area (Å²) in [4.78, 5) is 23.3. The predicted molar refractivity (Wildman–Crippen MR) is 96.8 cm³/mol. The van der Waals surface area contributed by atoms with Crippen LogP contribution in [-0.2, 0) is 16.0 Å². The summed E-state index contributed by atoms with van der Waals surface area (Å²) in [6.45, 7) is 2.49. The van der Waals surface area contributed by atoms with Crippen LogP contribution in [0.2, 0.25) is 0 Å². The lowest BCUT2D eigenvalue weighted by atomic mass is 10.0. The van der Waals surface area contributed by atoms with Crippen LogP contribution < -0.4 is 19.5 Å². The number of ether oxygens (including phenoxy) is 3. The van der Waals surface area contributed by atoms with Gasteiger partial charge in [0.05, 0.1) is 6.61 Å². The normalized spacial score (nSPS) is 12.7. The number of amides is 1. The Morgan fingerprint density at radius 2 is 1.73 bits per heavy atom. The molecule has 0 bridgehead atoms. The minimum atomic E-state index is -0.488. The van der Waals surface area contributed by atoms with Gasteiger partial charge >= 0.3 is 5.97 Å².